The third-order valence-corrected chi connectivity index (χ3v) is 5.49. The van der Waals surface area contributed by atoms with E-state index in [0.29, 0.717) is 28.3 Å². The number of hydrogen-bond acceptors (Lipinski definition) is 5. The molecule has 150 valence electrons. The monoisotopic (exact) mass is 411 g/mol. The van der Waals surface area contributed by atoms with Crippen LogP contribution in [0.2, 0.25) is 0 Å². The summed E-state index contributed by atoms with van der Waals surface area (Å²) in [6, 6.07) is 12.2. The number of amides is 2. The number of hydrogen-bond donors (Lipinski definition) is 1. The molecule has 0 saturated carbocycles. The number of carboxylic acid groups (broad SMARTS) is 1. The molecule has 1 fully saturated rings. The number of rotatable bonds is 6. The molecular weight excluding hydrogens is 390 g/mol. The lowest BCUT2D eigenvalue weighted by Crippen LogP contribution is -2.27. The van der Waals surface area contributed by atoms with Gasteiger partial charge in [0.1, 0.15) is 5.75 Å². The maximum absolute atomic E-state index is 12.8. The number of anilines is 1. The van der Waals surface area contributed by atoms with Crippen molar-refractivity contribution >= 4 is 40.6 Å². The summed E-state index contributed by atoms with van der Waals surface area (Å²) in [6.07, 6.45) is 0.997. The number of imide groups is 1. The van der Waals surface area contributed by atoms with Crippen molar-refractivity contribution < 1.29 is 24.2 Å². The van der Waals surface area contributed by atoms with Crippen LogP contribution in [-0.2, 0) is 9.59 Å². The quantitative estimate of drug-likeness (QED) is 0.688. The van der Waals surface area contributed by atoms with Gasteiger partial charge >= 0.3 is 5.97 Å². The average Bonchev–Trinajstić information content (AvgIpc) is 2.95. The summed E-state index contributed by atoms with van der Waals surface area (Å²) in [4.78, 5) is 37.9. The zero-order valence-electron chi connectivity index (χ0n) is 16.3. The number of benzene rings is 2. The van der Waals surface area contributed by atoms with Crippen molar-refractivity contribution in [3.8, 4) is 5.75 Å². The van der Waals surface area contributed by atoms with Gasteiger partial charge in [-0.3, -0.25) is 9.59 Å². The number of ether oxygens (including phenoxy) is 1. The topological polar surface area (TPSA) is 83.9 Å². The Hall–Kier alpha value is -3.06. The van der Waals surface area contributed by atoms with Crippen molar-refractivity contribution in [3.05, 3.63) is 64.1 Å². The minimum Gasteiger partial charge on any atom is -0.479 e. The van der Waals surface area contributed by atoms with Crippen LogP contribution in [0.25, 0.3) is 6.08 Å². The van der Waals surface area contributed by atoms with Crippen molar-refractivity contribution in [2.45, 2.75) is 33.3 Å². The van der Waals surface area contributed by atoms with E-state index in [2.05, 4.69) is 0 Å². The Morgan fingerprint density at radius 1 is 1.17 bits per heavy atom. The number of nitrogens with zero attached hydrogens (tertiary/aromatic N) is 1. The molecule has 0 spiro atoms. The molecule has 0 radical (unpaired) electrons. The first kappa shape index (κ1) is 20.7. The Morgan fingerprint density at radius 3 is 2.59 bits per heavy atom. The van der Waals surface area contributed by atoms with Crippen LogP contribution in [0.4, 0.5) is 10.5 Å². The van der Waals surface area contributed by atoms with E-state index in [4.69, 9.17) is 9.84 Å². The third-order valence-electron chi connectivity index (χ3n) is 4.62. The molecular formula is C22H21NO5S. The highest BCUT2D eigenvalue weighted by atomic mass is 32.2. The first-order valence-corrected chi connectivity index (χ1v) is 9.96. The highest BCUT2D eigenvalue weighted by Gasteiger charge is 2.36. The Balaban J connectivity index is 1.85. The SMILES string of the molecule is CCC(Oc1cccc(/C=C2/SC(=O)N(c3ccc(C)c(C)c3)C2=O)c1)C(=O)O. The van der Waals surface area contributed by atoms with Gasteiger partial charge < -0.3 is 9.84 Å². The smallest absolute Gasteiger partial charge is 0.344 e. The molecule has 2 amide bonds. The van der Waals surface area contributed by atoms with Crippen LogP contribution in [0.15, 0.2) is 47.4 Å². The van der Waals surface area contributed by atoms with E-state index >= 15 is 0 Å². The van der Waals surface area contributed by atoms with Gasteiger partial charge in [0, 0.05) is 0 Å². The van der Waals surface area contributed by atoms with Crippen LogP contribution < -0.4 is 9.64 Å². The van der Waals surface area contributed by atoms with Gasteiger partial charge in [-0.1, -0.05) is 25.1 Å². The highest BCUT2D eigenvalue weighted by molar-refractivity contribution is 8.19. The van der Waals surface area contributed by atoms with Gasteiger partial charge in [-0.25, -0.2) is 9.69 Å². The Bertz CT molecular complexity index is 1010. The number of aryl methyl sites for hydroxylation is 2. The summed E-state index contributed by atoms with van der Waals surface area (Å²) in [5.41, 5.74) is 3.27. The maximum atomic E-state index is 12.8. The van der Waals surface area contributed by atoms with Crippen LogP contribution in [0.3, 0.4) is 0 Å². The number of carbonyl (C=O) groups excluding carboxylic acids is 2. The summed E-state index contributed by atoms with van der Waals surface area (Å²) >= 11 is 0.874. The largest absolute Gasteiger partial charge is 0.479 e. The predicted molar refractivity (Wildman–Crippen MR) is 113 cm³/mol. The fourth-order valence-electron chi connectivity index (χ4n) is 2.86. The minimum atomic E-state index is -1.03. The fourth-order valence-corrected chi connectivity index (χ4v) is 3.70. The molecule has 1 aliphatic heterocycles. The maximum Gasteiger partial charge on any atom is 0.344 e. The van der Waals surface area contributed by atoms with E-state index in [1.807, 2.05) is 26.0 Å². The second-order valence-electron chi connectivity index (χ2n) is 6.71. The second kappa shape index (κ2) is 8.53. The van der Waals surface area contributed by atoms with Gasteiger partial charge in [0.05, 0.1) is 10.6 Å². The molecule has 6 nitrogen and oxygen atoms in total. The van der Waals surface area contributed by atoms with Gasteiger partial charge in [0.15, 0.2) is 6.10 Å². The van der Waals surface area contributed by atoms with Crippen LogP contribution in [0.5, 0.6) is 5.75 Å². The zero-order valence-corrected chi connectivity index (χ0v) is 17.2. The van der Waals surface area contributed by atoms with Gasteiger partial charge in [-0.2, -0.15) is 0 Å². The molecule has 0 bridgehead atoms. The molecule has 2 aromatic rings. The molecule has 1 atom stereocenters. The van der Waals surface area contributed by atoms with E-state index in [1.165, 1.54) is 4.90 Å². The van der Waals surface area contributed by atoms with Crippen LogP contribution in [0, 0.1) is 13.8 Å². The van der Waals surface area contributed by atoms with Crippen molar-refractivity contribution in [2.24, 2.45) is 0 Å². The normalized spacial score (nSPS) is 16.4. The molecule has 1 saturated heterocycles. The summed E-state index contributed by atoms with van der Waals surface area (Å²) in [5.74, 6) is -1.03. The standard InChI is InChI=1S/C22H21NO5S/c1-4-18(21(25)26)28-17-7-5-6-15(11-17)12-19-20(24)23(22(27)29-19)16-9-8-13(2)14(3)10-16/h5-12,18H,4H2,1-3H3,(H,25,26)/b19-12+. The van der Waals surface area contributed by atoms with Crippen LogP contribution in [0.1, 0.15) is 30.0 Å². The van der Waals surface area contributed by atoms with Gasteiger partial charge in [0.2, 0.25) is 0 Å². The first-order chi connectivity index (χ1) is 13.8. The van der Waals surface area contributed by atoms with Crippen LogP contribution >= 0.6 is 11.8 Å². The van der Waals surface area contributed by atoms with E-state index in [0.717, 1.165) is 22.9 Å². The molecule has 1 aliphatic rings. The Labute approximate surface area is 173 Å². The van der Waals surface area contributed by atoms with Gasteiger partial charge in [-0.15, -0.1) is 0 Å². The number of carbonyl (C=O) groups is 3. The number of aliphatic carboxylic acids is 1. The lowest BCUT2D eigenvalue weighted by atomic mass is 10.1. The second-order valence-corrected chi connectivity index (χ2v) is 7.70. The third kappa shape index (κ3) is 4.51. The van der Waals surface area contributed by atoms with Crippen molar-refractivity contribution in [2.75, 3.05) is 4.90 Å². The molecule has 29 heavy (non-hydrogen) atoms. The van der Waals surface area contributed by atoms with Gasteiger partial charge in [-0.05, 0) is 79.1 Å². The predicted octanol–water partition coefficient (Wildman–Crippen LogP) is 4.79. The zero-order chi connectivity index (χ0) is 21.1. The fraction of sp³-hybridized carbons (Fsp3) is 0.227. The summed E-state index contributed by atoms with van der Waals surface area (Å²) < 4.78 is 5.50. The molecule has 0 aromatic heterocycles. The summed E-state index contributed by atoms with van der Waals surface area (Å²) in [7, 11) is 0. The number of thioether (sulfide) groups is 1. The molecule has 7 heteroatoms. The summed E-state index contributed by atoms with van der Waals surface area (Å²) in [5, 5.41) is 8.79. The molecule has 1 heterocycles. The Kier molecular flexibility index (Phi) is 6.08. The molecule has 2 aromatic carbocycles. The van der Waals surface area contributed by atoms with E-state index < -0.39 is 12.1 Å². The van der Waals surface area contributed by atoms with Crippen LogP contribution in [-0.4, -0.2) is 28.3 Å². The molecule has 3 rings (SSSR count). The highest BCUT2D eigenvalue weighted by Crippen LogP contribution is 2.36. The lowest BCUT2D eigenvalue weighted by Gasteiger charge is -2.14. The Morgan fingerprint density at radius 2 is 1.93 bits per heavy atom. The first-order valence-electron chi connectivity index (χ1n) is 9.15. The van der Waals surface area contributed by atoms with E-state index in [1.54, 1.807) is 43.3 Å². The van der Waals surface area contributed by atoms with Gasteiger partial charge in [0.25, 0.3) is 11.1 Å². The van der Waals surface area contributed by atoms with Crippen molar-refractivity contribution in [3.63, 3.8) is 0 Å². The lowest BCUT2D eigenvalue weighted by molar-refractivity contribution is -0.145. The van der Waals surface area contributed by atoms with Crippen molar-refractivity contribution in [1.82, 2.24) is 0 Å². The van der Waals surface area contributed by atoms with E-state index in [9.17, 15) is 14.4 Å². The molecule has 0 aliphatic carbocycles. The average molecular weight is 411 g/mol. The van der Waals surface area contributed by atoms with E-state index in [-0.39, 0.29) is 11.1 Å². The minimum absolute atomic E-state index is 0.302. The molecule has 1 unspecified atom stereocenters. The number of carboxylic acids is 1. The summed E-state index contributed by atoms with van der Waals surface area (Å²) in [6.45, 7) is 5.63. The molecule has 1 N–H and O–H groups in total. The van der Waals surface area contributed by atoms with Crippen molar-refractivity contribution in [1.29, 1.82) is 0 Å².